The van der Waals surface area contributed by atoms with Crippen LogP contribution in [0.4, 0.5) is 0 Å². The van der Waals surface area contributed by atoms with E-state index in [1.54, 1.807) is 30.3 Å². The maximum Gasteiger partial charge on any atom is 0.373 e. The van der Waals surface area contributed by atoms with Crippen LogP contribution in [0.5, 0.6) is 0 Å². The second kappa shape index (κ2) is 13.6. The quantitative estimate of drug-likeness (QED) is 0.154. The number of hydrogen-bond donors (Lipinski definition) is 2. The zero-order chi connectivity index (χ0) is 28.8. The number of nitrogens with one attached hydrogen (secondary N) is 1. The average Bonchev–Trinajstić information content (AvgIpc) is 2.92. The van der Waals surface area contributed by atoms with Gasteiger partial charge in [0.15, 0.2) is 5.43 Å². The molecule has 0 saturated carbocycles. The summed E-state index contributed by atoms with van der Waals surface area (Å²) in [5.41, 5.74) is 3.43. The van der Waals surface area contributed by atoms with Crippen LogP contribution in [-0.2, 0) is 6.42 Å². The van der Waals surface area contributed by atoms with Crippen LogP contribution in [-0.4, -0.2) is 36.0 Å². The predicted octanol–water partition coefficient (Wildman–Crippen LogP) is 6.74. The Morgan fingerprint density at radius 3 is 2.42 bits per heavy atom. The zero-order valence-electron chi connectivity index (χ0n) is 23.5. The summed E-state index contributed by atoms with van der Waals surface area (Å²) in [7, 11) is -0.630. The highest BCUT2D eigenvalue weighted by atomic mass is 35.5. The average molecular weight is 575 g/mol. The summed E-state index contributed by atoms with van der Waals surface area (Å²) in [6.45, 7) is 8.90. The minimum atomic E-state index is -0.630. The Morgan fingerprint density at radius 2 is 1.77 bits per heavy atom. The molecule has 8 heteroatoms. The van der Waals surface area contributed by atoms with E-state index in [1.807, 2.05) is 72.5 Å². The highest BCUT2D eigenvalue weighted by Crippen LogP contribution is 2.38. The molecule has 0 aliphatic rings. The van der Waals surface area contributed by atoms with Crippen LogP contribution < -0.4 is 10.7 Å². The van der Waals surface area contributed by atoms with Crippen LogP contribution >= 0.6 is 22.9 Å². The fourth-order valence-corrected chi connectivity index (χ4v) is 6.76. The van der Waals surface area contributed by atoms with Gasteiger partial charge in [0, 0.05) is 44.1 Å². The number of fused-ring (bicyclic) bond motifs is 1. The van der Waals surface area contributed by atoms with Gasteiger partial charge in [-0.3, -0.25) is 9.59 Å². The molecule has 0 radical (unpaired) electrons. The minimum absolute atomic E-state index is 0.0200. The van der Waals surface area contributed by atoms with Gasteiger partial charge in [-0.05, 0) is 68.5 Å². The topological polar surface area (TPSA) is 69.6 Å². The lowest BCUT2D eigenvalue weighted by Gasteiger charge is -2.36. The normalized spacial score (nSPS) is 12.1. The number of rotatable bonds is 11. The summed E-state index contributed by atoms with van der Waals surface area (Å²) in [5, 5.41) is 13.9. The molecule has 2 N–H and O–H groups in total. The zero-order valence-corrected chi connectivity index (χ0v) is 25.1. The van der Waals surface area contributed by atoms with Crippen molar-refractivity contribution in [3.8, 4) is 0 Å². The van der Waals surface area contributed by atoms with Gasteiger partial charge >= 0.3 is 7.05 Å². The third-order valence-corrected chi connectivity index (χ3v) is 8.51. The van der Waals surface area contributed by atoms with Gasteiger partial charge in [-0.25, -0.2) is 0 Å². The van der Waals surface area contributed by atoms with Crippen LogP contribution in [0.1, 0.15) is 58.2 Å². The molecule has 0 fully saturated rings. The number of benzene rings is 3. The molecule has 3 aromatic carbocycles. The molecule has 1 atom stereocenters. The summed E-state index contributed by atoms with van der Waals surface area (Å²) in [6.07, 6.45) is 1.12. The van der Waals surface area contributed by atoms with Crippen molar-refractivity contribution >= 4 is 46.0 Å². The van der Waals surface area contributed by atoms with Gasteiger partial charge in [0.25, 0.3) is 5.91 Å². The van der Waals surface area contributed by atoms with Crippen molar-refractivity contribution in [2.75, 3.05) is 13.1 Å². The van der Waals surface area contributed by atoms with Crippen LogP contribution in [0, 0.1) is 12.8 Å². The number of amides is 1. The highest BCUT2D eigenvalue weighted by molar-refractivity contribution is 7.18. The lowest BCUT2D eigenvalue weighted by molar-refractivity contribution is 0.0624. The smallest absolute Gasteiger partial charge is 0.373 e. The Hall–Kier alpha value is -2.97. The van der Waals surface area contributed by atoms with Crippen LogP contribution in [0.3, 0.4) is 0 Å². The first-order valence-corrected chi connectivity index (χ1v) is 14.9. The molecule has 1 amide bonds. The Morgan fingerprint density at radius 1 is 1.07 bits per heavy atom. The van der Waals surface area contributed by atoms with E-state index in [4.69, 9.17) is 11.6 Å². The Labute approximate surface area is 246 Å². The highest BCUT2D eigenvalue weighted by Gasteiger charge is 2.32. The van der Waals surface area contributed by atoms with Crippen LogP contribution in [0.15, 0.2) is 77.6 Å². The Bertz CT molecular complexity index is 1510. The largest absolute Gasteiger partial charge is 0.437 e. The molecule has 4 aromatic rings. The summed E-state index contributed by atoms with van der Waals surface area (Å²) < 4.78 is 0.813. The van der Waals surface area contributed by atoms with Crippen molar-refractivity contribution in [1.82, 2.24) is 10.1 Å². The maximum atomic E-state index is 14.1. The van der Waals surface area contributed by atoms with E-state index in [2.05, 4.69) is 19.1 Å². The van der Waals surface area contributed by atoms with Crippen molar-refractivity contribution in [3.05, 3.63) is 115 Å². The number of halogens is 1. The van der Waals surface area contributed by atoms with Gasteiger partial charge in [0.2, 0.25) is 0 Å². The SMILES string of the molecule is CB(O)NCCCN(C(=O)c1ccc(C)cc1)C(c1sc2cc(Cl)ccc2c(=O)c1Cc1ccccc1)C(C)C. The standard InChI is InChI=1S/C32H36BClN2O3S/c1-21(2)29(36(18-8-17-35-33(4)39)32(38)24-13-11-22(3)12-14-24)31-27(19-23-9-6-5-7-10-23)30(37)26-16-15-25(34)20-28(26)40-31/h5-7,9-16,20-21,29,35,39H,8,17-19H2,1-4H3. The first-order chi connectivity index (χ1) is 19.2. The molecule has 5 nitrogen and oxygen atoms in total. The van der Waals surface area contributed by atoms with E-state index in [-0.39, 0.29) is 23.3 Å². The van der Waals surface area contributed by atoms with Crippen molar-refractivity contribution in [1.29, 1.82) is 0 Å². The molecule has 0 bridgehead atoms. The summed E-state index contributed by atoms with van der Waals surface area (Å²) in [5.74, 6) is -0.0480. The molecule has 0 spiro atoms. The summed E-state index contributed by atoms with van der Waals surface area (Å²) >= 11 is 7.91. The Balaban J connectivity index is 1.88. The molecule has 208 valence electrons. The number of aryl methyl sites for hydroxylation is 1. The lowest BCUT2D eigenvalue weighted by Crippen LogP contribution is -2.41. The minimum Gasteiger partial charge on any atom is -0.437 e. The third kappa shape index (κ3) is 7.21. The van der Waals surface area contributed by atoms with Crippen LogP contribution in [0.2, 0.25) is 11.8 Å². The van der Waals surface area contributed by atoms with Gasteiger partial charge in [-0.1, -0.05) is 73.5 Å². The molecule has 40 heavy (non-hydrogen) atoms. The van der Waals surface area contributed by atoms with Crippen molar-refractivity contribution in [3.63, 3.8) is 0 Å². The molecular weight excluding hydrogens is 539 g/mol. The summed E-state index contributed by atoms with van der Waals surface area (Å²) in [4.78, 5) is 31.0. The van der Waals surface area contributed by atoms with Crippen molar-refractivity contribution in [2.24, 2.45) is 5.92 Å². The first kappa shape index (κ1) is 30.0. The van der Waals surface area contributed by atoms with Crippen LogP contribution in [0.25, 0.3) is 10.1 Å². The first-order valence-electron chi connectivity index (χ1n) is 13.7. The molecule has 1 unspecified atom stereocenters. The van der Waals surface area contributed by atoms with E-state index in [9.17, 15) is 14.6 Å². The third-order valence-electron chi connectivity index (χ3n) is 7.01. The fourth-order valence-electron chi connectivity index (χ4n) is 5.02. The monoisotopic (exact) mass is 574 g/mol. The molecule has 1 heterocycles. The van der Waals surface area contributed by atoms with E-state index in [0.29, 0.717) is 47.5 Å². The number of hydrogen-bond acceptors (Lipinski definition) is 5. The Kier molecular flexibility index (Phi) is 10.2. The lowest BCUT2D eigenvalue weighted by atomic mass is 9.89. The molecule has 0 saturated heterocycles. The molecule has 0 aliphatic carbocycles. The molecular formula is C32H36BClN2O3S. The molecule has 4 rings (SSSR count). The van der Waals surface area contributed by atoms with Gasteiger partial charge in [0.05, 0.1) is 6.04 Å². The van der Waals surface area contributed by atoms with Gasteiger partial charge in [0.1, 0.15) is 0 Å². The van der Waals surface area contributed by atoms with E-state index < -0.39 is 7.05 Å². The molecule has 0 aliphatic heterocycles. The van der Waals surface area contributed by atoms with Gasteiger partial charge < -0.3 is 15.2 Å². The second-order valence-electron chi connectivity index (χ2n) is 10.6. The predicted molar refractivity (Wildman–Crippen MR) is 169 cm³/mol. The fraction of sp³-hybridized carbons (Fsp3) is 0.312. The summed E-state index contributed by atoms with van der Waals surface area (Å²) in [6, 6.07) is 22.7. The number of carbonyl (C=O) groups is 1. The second-order valence-corrected chi connectivity index (χ2v) is 12.1. The number of carbonyl (C=O) groups excluding carboxylic acids is 1. The van der Waals surface area contributed by atoms with E-state index in [0.717, 1.165) is 20.7 Å². The van der Waals surface area contributed by atoms with Gasteiger partial charge in [-0.2, -0.15) is 0 Å². The van der Waals surface area contributed by atoms with Crippen molar-refractivity contribution < 1.29 is 9.82 Å². The van der Waals surface area contributed by atoms with E-state index >= 15 is 0 Å². The molecule has 1 aromatic heterocycles. The maximum absolute atomic E-state index is 14.1. The number of nitrogens with zero attached hydrogens (tertiary/aromatic N) is 1. The van der Waals surface area contributed by atoms with Gasteiger partial charge in [-0.15, -0.1) is 11.3 Å². The van der Waals surface area contributed by atoms with E-state index in [1.165, 1.54) is 0 Å². The van der Waals surface area contributed by atoms with Crippen molar-refractivity contribution in [2.45, 2.75) is 46.5 Å².